The predicted octanol–water partition coefficient (Wildman–Crippen LogP) is 3.51. The van der Waals surface area contributed by atoms with Gasteiger partial charge in [0, 0.05) is 28.1 Å². The Morgan fingerprint density at radius 1 is 1.04 bits per heavy atom. The van der Waals surface area contributed by atoms with Crippen LogP contribution in [-0.4, -0.2) is 23.9 Å². The zero-order chi connectivity index (χ0) is 18.6. The minimum atomic E-state index is -0.929. The quantitative estimate of drug-likeness (QED) is 0.799. The third-order valence-electron chi connectivity index (χ3n) is 3.39. The monoisotopic (exact) mass is 360 g/mol. The van der Waals surface area contributed by atoms with E-state index in [1.807, 2.05) is 13.8 Å². The zero-order valence-electron chi connectivity index (χ0n) is 14.5. The lowest BCUT2D eigenvalue weighted by molar-refractivity contribution is -0.123. The summed E-state index contributed by atoms with van der Waals surface area (Å²) >= 11 is 1.51. The van der Waals surface area contributed by atoms with Crippen LogP contribution in [0.5, 0.6) is 0 Å². The van der Waals surface area contributed by atoms with Gasteiger partial charge in [0.2, 0.25) is 5.91 Å². The van der Waals surface area contributed by atoms with E-state index < -0.39 is 18.0 Å². The number of thiophene rings is 1. The molecular weight excluding hydrogens is 340 g/mol. The SMILES string of the molecule is CC(=O)Nc1ccc(NC(=O)[C@@H](C)OC(=O)c2cc(C)sc2C)cc1. The number of hydrogen-bond acceptors (Lipinski definition) is 5. The van der Waals surface area contributed by atoms with Crippen LogP contribution in [0.25, 0.3) is 0 Å². The smallest absolute Gasteiger partial charge is 0.340 e. The molecule has 7 heteroatoms. The van der Waals surface area contributed by atoms with Crippen molar-refractivity contribution in [1.29, 1.82) is 0 Å². The highest BCUT2D eigenvalue weighted by Crippen LogP contribution is 2.22. The number of benzene rings is 1. The standard InChI is InChI=1S/C18H20N2O4S/c1-10-9-16(12(3)25-10)18(23)24-11(2)17(22)20-15-7-5-14(6-8-15)19-13(4)21/h5-9,11H,1-4H3,(H,19,21)(H,20,22)/t11-/m1/s1. The Balaban J connectivity index is 1.94. The molecule has 6 nitrogen and oxygen atoms in total. The van der Waals surface area contributed by atoms with E-state index in [2.05, 4.69) is 10.6 Å². The molecular formula is C18H20N2O4S. The van der Waals surface area contributed by atoms with E-state index in [1.54, 1.807) is 30.3 Å². The van der Waals surface area contributed by atoms with Gasteiger partial charge in [-0.1, -0.05) is 0 Å². The van der Waals surface area contributed by atoms with Crippen LogP contribution >= 0.6 is 11.3 Å². The minimum Gasteiger partial charge on any atom is -0.449 e. The van der Waals surface area contributed by atoms with E-state index in [1.165, 1.54) is 25.2 Å². The highest BCUT2D eigenvalue weighted by atomic mass is 32.1. The highest BCUT2D eigenvalue weighted by molar-refractivity contribution is 7.12. The Morgan fingerprint density at radius 2 is 1.60 bits per heavy atom. The van der Waals surface area contributed by atoms with E-state index in [-0.39, 0.29) is 5.91 Å². The number of ether oxygens (including phenoxy) is 1. The number of carbonyl (C=O) groups is 3. The minimum absolute atomic E-state index is 0.170. The van der Waals surface area contributed by atoms with Gasteiger partial charge in [-0.25, -0.2) is 4.79 Å². The lowest BCUT2D eigenvalue weighted by Gasteiger charge is -2.13. The first kappa shape index (κ1) is 18.7. The summed E-state index contributed by atoms with van der Waals surface area (Å²) < 4.78 is 5.24. The van der Waals surface area contributed by atoms with Crippen molar-refractivity contribution in [3.05, 3.63) is 45.6 Å². The number of carbonyl (C=O) groups excluding carboxylic acids is 3. The largest absolute Gasteiger partial charge is 0.449 e. The van der Waals surface area contributed by atoms with Gasteiger partial charge in [-0.05, 0) is 51.1 Å². The second-order valence-corrected chi connectivity index (χ2v) is 7.08. The summed E-state index contributed by atoms with van der Waals surface area (Å²) in [4.78, 5) is 37.2. The van der Waals surface area contributed by atoms with Crippen molar-refractivity contribution in [2.75, 3.05) is 10.6 Å². The number of rotatable bonds is 5. The third-order valence-corrected chi connectivity index (χ3v) is 4.35. The molecule has 0 saturated carbocycles. The number of hydrogen-bond donors (Lipinski definition) is 2. The van der Waals surface area contributed by atoms with Crippen molar-refractivity contribution in [2.45, 2.75) is 33.8 Å². The first-order chi connectivity index (χ1) is 11.8. The first-order valence-corrected chi connectivity index (χ1v) is 8.54. The fraction of sp³-hybridized carbons (Fsp3) is 0.278. The molecule has 0 bridgehead atoms. The van der Waals surface area contributed by atoms with Gasteiger partial charge in [0.15, 0.2) is 6.10 Å². The second-order valence-electron chi connectivity index (χ2n) is 5.62. The highest BCUT2D eigenvalue weighted by Gasteiger charge is 2.21. The molecule has 1 aromatic heterocycles. The summed E-state index contributed by atoms with van der Waals surface area (Å²) in [5.74, 6) is -1.10. The van der Waals surface area contributed by atoms with Crippen molar-refractivity contribution in [2.24, 2.45) is 0 Å². The Kier molecular flexibility index (Phi) is 5.93. The number of anilines is 2. The van der Waals surface area contributed by atoms with E-state index in [0.29, 0.717) is 16.9 Å². The molecule has 0 aliphatic heterocycles. The summed E-state index contributed by atoms with van der Waals surface area (Å²) in [6, 6.07) is 8.41. The van der Waals surface area contributed by atoms with Gasteiger partial charge in [0.25, 0.3) is 5.91 Å². The number of amides is 2. The molecule has 0 aliphatic carbocycles. The molecule has 0 fully saturated rings. The zero-order valence-corrected chi connectivity index (χ0v) is 15.3. The van der Waals surface area contributed by atoms with Gasteiger partial charge in [-0.15, -0.1) is 11.3 Å². The van der Waals surface area contributed by atoms with Crippen LogP contribution in [0.4, 0.5) is 11.4 Å². The molecule has 2 rings (SSSR count). The number of nitrogens with one attached hydrogen (secondary N) is 2. The summed E-state index contributed by atoms with van der Waals surface area (Å²) in [5, 5.41) is 5.31. The Hall–Kier alpha value is -2.67. The summed E-state index contributed by atoms with van der Waals surface area (Å²) in [6.07, 6.45) is -0.929. The average Bonchev–Trinajstić information content (AvgIpc) is 2.87. The molecule has 2 N–H and O–H groups in total. The molecule has 2 amide bonds. The van der Waals surface area contributed by atoms with E-state index in [4.69, 9.17) is 4.74 Å². The van der Waals surface area contributed by atoms with Crippen molar-refractivity contribution < 1.29 is 19.1 Å². The first-order valence-electron chi connectivity index (χ1n) is 7.73. The molecule has 1 aromatic carbocycles. The predicted molar refractivity (Wildman–Crippen MR) is 98.0 cm³/mol. The summed E-state index contributed by atoms with van der Waals surface area (Å²) in [5.41, 5.74) is 1.67. The van der Waals surface area contributed by atoms with Gasteiger partial charge in [0.1, 0.15) is 0 Å². The van der Waals surface area contributed by atoms with Crippen LogP contribution in [0.2, 0.25) is 0 Å². The molecule has 132 valence electrons. The maximum atomic E-state index is 12.2. The van der Waals surface area contributed by atoms with Gasteiger partial charge < -0.3 is 15.4 Å². The number of esters is 1. The van der Waals surface area contributed by atoms with E-state index in [0.717, 1.165) is 9.75 Å². The Bertz CT molecular complexity index is 796. The average molecular weight is 360 g/mol. The van der Waals surface area contributed by atoms with Crippen LogP contribution in [0.1, 0.15) is 34.0 Å². The molecule has 0 radical (unpaired) electrons. The molecule has 1 heterocycles. The maximum Gasteiger partial charge on any atom is 0.340 e. The van der Waals surface area contributed by atoms with Crippen LogP contribution in [0.3, 0.4) is 0 Å². The Labute approximate surface area is 150 Å². The Morgan fingerprint density at radius 3 is 2.08 bits per heavy atom. The van der Waals surface area contributed by atoms with Gasteiger partial charge >= 0.3 is 5.97 Å². The molecule has 2 aromatic rings. The third kappa shape index (κ3) is 5.15. The van der Waals surface area contributed by atoms with Crippen molar-refractivity contribution in [3.63, 3.8) is 0 Å². The van der Waals surface area contributed by atoms with E-state index in [9.17, 15) is 14.4 Å². The van der Waals surface area contributed by atoms with E-state index >= 15 is 0 Å². The van der Waals surface area contributed by atoms with Crippen LogP contribution in [0.15, 0.2) is 30.3 Å². The lowest BCUT2D eigenvalue weighted by Crippen LogP contribution is -2.30. The van der Waals surface area contributed by atoms with Gasteiger partial charge in [-0.3, -0.25) is 9.59 Å². The summed E-state index contributed by atoms with van der Waals surface area (Å²) in [6.45, 7) is 6.70. The number of aryl methyl sites for hydroxylation is 2. The van der Waals surface area contributed by atoms with Crippen LogP contribution < -0.4 is 10.6 Å². The van der Waals surface area contributed by atoms with Gasteiger partial charge in [-0.2, -0.15) is 0 Å². The maximum absolute atomic E-state index is 12.2. The molecule has 0 unspecified atom stereocenters. The molecule has 25 heavy (non-hydrogen) atoms. The van der Waals surface area contributed by atoms with Crippen LogP contribution in [-0.2, 0) is 14.3 Å². The molecule has 0 aliphatic rings. The fourth-order valence-corrected chi connectivity index (χ4v) is 3.11. The fourth-order valence-electron chi connectivity index (χ4n) is 2.20. The summed E-state index contributed by atoms with van der Waals surface area (Å²) in [7, 11) is 0. The normalized spacial score (nSPS) is 11.5. The van der Waals surface area contributed by atoms with Crippen molar-refractivity contribution in [1.82, 2.24) is 0 Å². The van der Waals surface area contributed by atoms with Gasteiger partial charge in [0.05, 0.1) is 5.56 Å². The second kappa shape index (κ2) is 7.94. The van der Waals surface area contributed by atoms with Crippen LogP contribution in [0, 0.1) is 13.8 Å². The molecule has 1 atom stereocenters. The molecule has 0 saturated heterocycles. The lowest BCUT2D eigenvalue weighted by atomic mass is 10.2. The van der Waals surface area contributed by atoms with Crippen molar-refractivity contribution >= 4 is 40.5 Å². The molecule has 0 spiro atoms. The van der Waals surface area contributed by atoms with Crippen molar-refractivity contribution in [3.8, 4) is 0 Å². The topological polar surface area (TPSA) is 84.5 Å².